The zero-order valence-corrected chi connectivity index (χ0v) is 21.8. The normalized spacial score (nSPS) is 13.4. The summed E-state index contributed by atoms with van der Waals surface area (Å²) >= 11 is 0. The number of aryl methyl sites for hydroxylation is 1. The van der Waals surface area contributed by atoms with Gasteiger partial charge in [-0.05, 0) is 55.2 Å². The molecule has 0 atom stereocenters. The molecule has 2 aromatic carbocycles. The minimum atomic E-state index is -5.23. The SMILES string of the molecule is Cc1cc(-c2cccc(C(=O)CC(=O)Nc3cc(C(F)(F)F)c(OCC(F)(F)F)cc3NC(=O)O)c2)cc(C2CC2)n1. The molecule has 3 N–H and O–H groups in total. The van der Waals surface area contributed by atoms with Crippen LogP contribution >= 0.6 is 0 Å². The van der Waals surface area contributed by atoms with Crippen molar-refractivity contribution in [1.82, 2.24) is 4.98 Å². The molecule has 1 aromatic heterocycles. The molecule has 3 aromatic rings. The summed E-state index contributed by atoms with van der Waals surface area (Å²) in [6, 6.07) is 10.8. The largest absolute Gasteiger partial charge is 0.483 e. The number of anilines is 2. The maximum atomic E-state index is 13.6. The number of rotatable bonds is 9. The number of hydrogen-bond acceptors (Lipinski definition) is 5. The van der Waals surface area contributed by atoms with Gasteiger partial charge >= 0.3 is 18.4 Å². The van der Waals surface area contributed by atoms with Crippen LogP contribution in [0.5, 0.6) is 5.75 Å². The molecule has 4 rings (SSSR count). The Morgan fingerprint density at radius 2 is 1.64 bits per heavy atom. The lowest BCUT2D eigenvalue weighted by atomic mass is 9.99. The van der Waals surface area contributed by atoms with Crippen molar-refractivity contribution in [2.75, 3.05) is 17.2 Å². The maximum absolute atomic E-state index is 13.6. The first-order valence-corrected chi connectivity index (χ1v) is 12.5. The summed E-state index contributed by atoms with van der Waals surface area (Å²) in [6.07, 6.45) is -10.7. The van der Waals surface area contributed by atoms with E-state index in [9.17, 15) is 40.7 Å². The number of hydrogen-bond donors (Lipinski definition) is 3. The van der Waals surface area contributed by atoms with Crippen LogP contribution in [0.1, 0.15) is 52.5 Å². The average Bonchev–Trinajstić information content (AvgIpc) is 3.72. The zero-order chi connectivity index (χ0) is 30.8. The van der Waals surface area contributed by atoms with Crippen LogP contribution in [0.3, 0.4) is 0 Å². The number of carboxylic acid groups (broad SMARTS) is 1. The third-order valence-corrected chi connectivity index (χ3v) is 6.14. The van der Waals surface area contributed by atoms with Gasteiger partial charge in [-0.1, -0.05) is 18.2 Å². The van der Waals surface area contributed by atoms with E-state index in [0.717, 1.165) is 29.8 Å². The van der Waals surface area contributed by atoms with E-state index < -0.39 is 65.9 Å². The summed E-state index contributed by atoms with van der Waals surface area (Å²) in [6.45, 7) is -0.232. The summed E-state index contributed by atoms with van der Waals surface area (Å²) in [4.78, 5) is 41.3. The minimum absolute atomic E-state index is 0.140. The second kappa shape index (κ2) is 11.7. The number of ether oxygens (including phenoxy) is 1. The van der Waals surface area contributed by atoms with Crippen molar-refractivity contribution in [3.63, 3.8) is 0 Å². The molecule has 0 spiro atoms. The van der Waals surface area contributed by atoms with Gasteiger partial charge in [0.25, 0.3) is 0 Å². The number of carbonyl (C=O) groups is 3. The van der Waals surface area contributed by atoms with Crippen LogP contribution in [0.15, 0.2) is 48.5 Å². The van der Waals surface area contributed by atoms with Gasteiger partial charge in [-0.3, -0.25) is 19.9 Å². The Hall–Kier alpha value is -4.62. The van der Waals surface area contributed by atoms with E-state index in [4.69, 9.17) is 5.11 Å². The Kier molecular flexibility index (Phi) is 8.45. The van der Waals surface area contributed by atoms with Crippen LogP contribution in [0.4, 0.5) is 42.5 Å². The number of nitrogens with one attached hydrogen (secondary N) is 2. The molecule has 1 aliphatic rings. The summed E-state index contributed by atoms with van der Waals surface area (Å²) in [5.41, 5.74) is 0.247. The van der Waals surface area contributed by atoms with E-state index in [0.29, 0.717) is 17.5 Å². The van der Waals surface area contributed by atoms with Gasteiger partial charge in [0, 0.05) is 28.9 Å². The number of alkyl halides is 6. The van der Waals surface area contributed by atoms with Crippen molar-refractivity contribution in [2.24, 2.45) is 0 Å². The quantitative estimate of drug-likeness (QED) is 0.137. The van der Waals surface area contributed by atoms with Crippen molar-refractivity contribution in [3.8, 4) is 16.9 Å². The average molecular weight is 595 g/mol. The molecule has 1 aliphatic carbocycles. The number of ketones is 1. The Morgan fingerprint density at radius 1 is 0.952 bits per heavy atom. The Bertz CT molecular complexity index is 1530. The van der Waals surface area contributed by atoms with Crippen LogP contribution in [-0.4, -0.2) is 40.7 Å². The molecule has 2 amide bonds. The van der Waals surface area contributed by atoms with E-state index in [1.165, 1.54) is 6.07 Å². The van der Waals surface area contributed by atoms with Crippen molar-refractivity contribution in [2.45, 2.75) is 44.5 Å². The number of pyridine rings is 1. The molecule has 14 heteroatoms. The predicted octanol–water partition coefficient (Wildman–Crippen LogP) is 7.20. The minimum Gasteiger partial charge on any atom is -0.483 e. The van der Waals surface area contributed by atoms with Gasteiger partial charge in [-0.2, -0.15) is 26.3 Å². The Morgan fingerprint density at radius 3 is 2.26 bits per heavy atom. The fourth-order valence-electron chi connectivity index (χ4n) is 4.17. The van der Waals surface area contributed by atoms with Crippen molar-refractivity contribution >= 4 is 29.2 Å². The highest BCUT2D eigenvalue weighted by molar-refractivity contribution is 6.12. The molecule has 0 radical (unpaired) electrons. The van der Waals surface area contributed by atoms with E-state index >= 15 is 0 Å². The summed E-state index contributed by atoms with van der Waals surface area (Å²) in [5.74, 6) is -2.70. The van der Waals surface area contributed by atoms with E-state index in [-0.39, 0.29) is 11.6 Å². The molecule has 0 bridgehead atoms. The lowest BCUT2D eigenvalue weighted by molar-refractivity contribution is -0.158. The van der Waals surface area contributed by atoms with Crippen molar-refractivity contribution in [1.29, 1.82) is 0 Å². The number of nitrogens with zero attached hydrogens (tertiary/aromatic N) is 1. The lowest BCUT2D eigenvalue weighted by Gasteiger charge is -2.19. The topological polar surface area (TPSA) is 118 Å². The Balaban J connectivity index is 1.56. The molecule has 1 saturated carbocycles. The molecular weight excluding hydrogens is 572 g/mol. The van der Waals surface area contributed by atoms with Gasteiger partial charge in [0.2, 0.25) is 5.91 Å². The van der Waals surface area contributed by atoms with Crippen molar-refractivity contribution < 1.29 is 50.6 Å². The standard InChI is InChI=1S/C28H23F6N3O5/c1-14-7-18(9-20(35-14)15-5-6-15)16-3-2-4-17(8-16)23(38)12-25(39)36-21-10-19(28(32,33)34)24(42-13-27(29,30)31)11-22(21)37-26(40)41/h2-4,7-11,15,37H,5-6,12-13H2,1H3,(H,36,39)(H,40,41). The van der Waals surface area contributed by atoms with Gasteiger partial charge in [0.05, 0.1) is 23.4 Å². The maximum Gasteiger partial charge on any atom is 0.422 e. The van der Waals surface area contributed by atoms with Crippen LogP contribution in [0, 0.1) is 6.92 Å². The third-order valence-electron chi connectivity index (χ3n) is 6.14. The molecular formula is C28H23F6N3O5. The van der Waals surface area contributed by atoms with Gasteiger partial charge in [0.1, 0.15) is 5.75 Å². The number of amides is 2. The fourth-order valence-corrected chi connectivity index (χ4v) is 4.17. The summed E-state index contributed by atoms with van der Waals surface area (Å²) in [7, 11) is 0. The summed E-state index contributed by atoms with van der Waals surface area (Å²) < 4.78 is 82.8. The highest BCUT2D eigenvalue weighted by Crippen LogP contribution is 2.42. The van der Waals surface area contributed by atoms with Gasteiger partial charge in [0.15, 0.2) is 12.4 Å². The molecule has 8 nitrogen and oxygen atoms in total. The van der Waals surface area contributed by atoms with E-state index in [2.05, 4.69) is 9.72 Å². The number of aromatic nitrogens is 1. The smallest absolute Gasteiger partial charge is 0.422 e. The number of halogens is 6. The predicted molar refractivity (Wildman–Crippen MR) is 139 cm³/mol. The first kappa shape index (κ1) is 30.3. The molecule has 42 heavy (non-hydrogen) atoms. The number of Topliss-reactive ketones (excluding diaryl/α,β-unsaturated/α-hetero) is 1. The monoisotopic (exact) mass is 595 g/mol. The van der Waals surface area contributed by atoms with Crippen LogP contribution in [0.2, 0.25) is 0 Å². The Labute approximate surface area is 234 Å². The zero-order valence-electron chi connectivity index (χ0n) is 21.8. The van der Waals surface area contributed by atoms with E-state index in [1.807, 2.05) is 24.4 Å². The van der Waals surface area contributed by atoms with Gasteiger partial charge < -0.3 is 15.2 Å². The fraction of sp³-hybridized carbons (Fsp3) is 0.286. The number of benzene rings is 2. The number of carbonyl (C=O) groups excluding carboxylic acids is 2. The van der Waals surface area contributed by atoms with E-state index in [1.54, 1.807) is 23.5 Å². The molecule has 222 valence electrons. The third kappa shape index (κ3) is 7.98. The van der Waals surface area contributed by atoms with Gasteiger partial charge in [-0.25, -0.2) is 4.79 Å². The summed E-state index contributed by atoms with van der Waals surface area (Å²) in [5, 5.41) is 12.8. The van der Waals surface area contributed by atoms with Crippen LogP contribution in [-0.2, 0) is 11.0 Å². The molecule has 1 fully saturated rings. The molecule has 0 aliphatic heterocycles. The van der Waals surface area contributed by atoms with Crippen LogP contribution < -0.4 is 15.4 Å². The highest BCUT2D eigenvalue weighted by Gasteiger charge is 2.38. The highest BCUT2D eigenvalue weighted by atomic mass is 19.4. The first-order valence-electron chi connectivity index (χ1n) is 12.5. The molecule has 0 unspecified atom stereocenters. The molecule has 1 heterocycles. The first-order chi connectivity index (χ1) is 19.6. The van der Waals surface area contributed by atoms with Crippen LogP contribution in [0.25, 0.3) is 11.1 Å². The lowest BCUT2D eigenvalue weighted by Crippen LogP contribution is -2.22. The second-order valence-electron chi connectivity index (χ2n) is 9.65. The second-order valence-corrected chi connectivity index (χ2v) is 9.65. The van der Waals surface area contributed by atoms with Gasteiger partial charge in [-0.15, -0.1) is 0 Å². The van der Waals surface area contributed by atoms with Crippen molar-refractivity contribution in [3.05, 3.63) is 71.0 Å². The molecule has 0 saturated heterocycles.